The first-order chi connectivity index (χ1) is 14.5. The van der Waals surface area contributed by atoms with Crippen molar-refractivity contribution in [1.29, 1.82) is 0 Å². The van der Waals surface area contributed by atoms with Crippen LogP contribution in [0.2, 0.25) is 0 Å². The summed E-state index contributed by atoms with van der Waals surface area (Å²) in [6, 6.07) is 9.14. The van der Waals surface area contributed by atoms with Crippen molar-refractivity contribution in [1.82, 2.24) is 10.2 Å². The van der Waals surface area contributed by atoms with E-state index in [4.69, 9.17) is 21.7 Å². The van der Waals surface area contributed by atoms with Crippen LogP contribution in [-0.4, -0.2) is 55.3 Å². The van der Waals surface area contributed by atoms with Crippen molar-refractivity contribution in [3.05, 3.63) is 51.7 Å². The van der Waals surface area contributed by atoms with E-state index in [-0.39, 0.29) is 17.2 Å². The number of carbonyl (C=O) groups is 2. The van der Waals surface area contributed by atoms with Crippen molar-refractivity contribution < 1.29 is 19.1 Å². The number of thiophene rings is 1. The standard InChI is InChI=1S/C21H25N3O4S2/c1-27-19(25)14-10-15(20(26)28-2)12-17(11-14)23-21(29)22-16-5-7-24(8-6-16)13-18-4-3-9-30-18/h3-4,9-12,16H,5-8,13H2,1-2H3,(H2,22,23,29). The van der Waals surface area contributed by atoms with E-state index >= 15 is 0 Å². The minimum Gasteiger partial charge on any atom is -0.465 e. The van der Waals surface area contributed by atoms with E-state index in [1.54, 1.807) is 23.5 Å². The van der Waals surface area contributed by atoms with Gasteiger partial charge in [0.1, 0.15) is 0 Å². The van der Waals surface area contributed by atoms with Crippen LogP contribution in [0, 0.1) is 0 Å². The molecule has 1 aliphatic heterocycles. The van der Waals surface area contributed by atoms with Gasteiger partial charge in [0, 0.05) is 36.2 Å². The van der Waals surface area contributed by atoms with Crippen LogP contribution in [0.4, 0.5) is 5.69 Å². The first-order valence-electron chi connectivity index (χ1n) is 9.62. The summed E-state index contributed by atoms with van der Waals surface area (Å²) in [6.45, 7) is 2.99. The van der Waals surface area contributed by atoms with E-state index < -0.39 is 11.9 Å². The number of piperidine rings is 1. The summed E-state index contributed by atoms with van der Waals surface area (Å²) >= 11 is 7.23. The van der Waals surface area contributed by atoms with Crippen LogP contribution in [0.15, 0.2) is 35.7 Å². The van der Waals surface area contributed by atoms with E-state index in [2.05, 4.69) is 33.0 Å². The second kappa shape index (κ2) is 10.5. The molecule has 0 radical (unpaired) electrons. The highest BCUT2D eigenvalue weighted by molar-refractivity contribution is 7.80. The van der Waals surface area contributed by atoms with Crippen LogP contribution in [0.25, 0.3) is 0 Å². The van der Waals surface area contributed by atoms with Gasteiger partial charge in [-0.25, -0.2) is 9.59 Å². The molecule has 2 N–H and O–H groups in total. The monoisotopic (exact) mass is 447 g/mol. The lowest BCUT2D eigenvalue weighted by Gasteiger charge is -2.32. The fourth-order valence-electron chi connectivity index (χ4n) is 3.38. The Labute approximate surface area is 185 Å². The van der Waals surface area contributed by atoms with E-state index in [9.17, 15) is 9.59 Å². The average molecular weight is 448 g/mol. The number of hydrogen-bond acceptors (Lipinski definition) is 7. The molecule has 1 aromatic carbocycles. The second-order valence-corrected chi connectivity index (χ2v) is 8.45. The topological polar surface area (TPSA) is 79.9 Å². The Kier molecular flexibility index (Phi) is 7.78. The van der Waals surface area contributed by atoms with Gasteiger partial charge >= 0.3 is 11.9 Å². The Balaban J connectivity index is 1.56. The predicted molar refractivity (Wildman–Crippen MR) is 121 cm³/mol. The summed E-state index contributed by atoms with van der Waals surface area (Å²) in [4.78, 5) is 27.7. The number of ether oxygens (including phenoxy) is 2. The molecule has 160 valence electrons. The number of thiocarbonyl (C=S) groups is 1. The maximum atomic E-state index is 11.9. The number of nitrogens with zero attached hydrogens (tertiary/aromatic N) is 1. The van der Waals surface area contributed by atoms with Crippen molar-refractivity contribution >= 4 is 46.3 Å². The SMILES string of the molecule is COC(=O)c1cc(NC(=S)NC2CCN(Cc3cccs3)CC2)cc(C(=O)OC)c1. The number of rotatable bonds is 6. The summed E-state index contributed by atoms with van der Waals surface area (Å²) in [5.74, 6) is -1.08. The van der Waals surface area contributed by atoms with Gasteiger partial charge in [-0.1, -0.05) is 6.07 Å². The Morgan fingerprint density at radius 3 is 2.30 bits per heavy atom. The summed E-state index contributed by atoms with van der Waals surface area (Å²) < 4.78 is 9.52. The van der Waals surface area contributed by atoms with Gasteiger partial charge in [-0.2, -0.15) is 0 Å². The highest BCUT2D eigenvalue weighted by Gasteiger charge is 2.20. The van der Waals surface area contributed by atoms with Gasteiger partial charge in [0.2, 0.25) is 0 Å². The molecule has 0 spiro atoms. The fourth-order valence-corrected chi connectivity index (χ4v) is 4.41. The minimum absolute atomic E-state index is 0.243. The second-order valence-electron chi connectivity index (χ2n) is 7.01. The van der Waals surface area contributed by atoms with E-state index in [1.165, 1.54) is 25.2 Å². The lowest BCUT2D eigenvalue weighted by atomic mass is 10.1. The third-order valence-corrected chi connectivity index (χ3v) is 6.00. The van der Waals surface area contributed by atoms with Gasteiger partial charge in [0.25, 0.3) is 0 Å². The van der Waals surface area contributed by atoms with Gasteiger partial charge in [0.05, 0.1) is 25.3 Å². The fraction of sp³-hybridized carbons (Fsp3) is 0.381. The molecule has 0 aliphatic carbocycles. The van der Waals surface area contributed by atoms with Crippen LogP contribution in [0.1, 0.15) is 38.4 Å². The van der Waals surface area contributed by atoms with Crippen LogP contribution in [0.3, 0.4) is 0 Å². The zero-order valence-corrected chi connectivity index (χ0v) is 18.6. The smallest absolute Gasteiger partial charge is 0.337 e. The molecule has 1 aliphatic rings. The van der Waals surface area contributed by atoms with Gasteiger partial charge in [-0.15, -0.1) is 11.3 Å². The van der Waals surface area contributed by atoms with Crippen molar-refractivity contribution in [3.63, 3.8) is 0 Å². The molecule has 2 heterocycles. The van der Waals surface area contributed by atoms with Gasteiger partial charge in [-0.05, 0) is 54.7 Å². The molecular formula is C21H25N3O4S2. The lowest BCUT2D eigenvalue weighted by molar-refractivity contribution is 0.0599. The molecule has 0 bridgehead atoms. The Hall–Kier alpha value is -2.49. The number of methoxy groups -OCH3 is 2. The summed E-state index contributed by atoms with van der Waals surface area (Å²) in [6.07, 6.45) is 1.98. The molecule has 3 rings (SSSR count). The molecule has 1 fully saturated rings. The summed E-state index contributed by atoms with van der Waals surface area (Å²) in [5.41, 5.74) is 1.01. The highest BCUT2D eigenvalue weighted by Crippen LogP contribution is 2.19. The molecule has 1 saturated heterocycles. The third kappa shape index (κ3) is 6.01. The maximum absolute atomic E-state index is 11.9. The number of likely N-dealkylation sites (tertiary alicyclic amines) is 1. The largest absolute Gasteiger partial charge is 0.465 e. The Morgan fingerprint density at radius 2 is 1.77 bits per heavy atom. The maximum Gasteiger partial charge on any atom is 0.337 e. The molecule has 2 aromatic rings. The number of benzene rings is 1. The first kappa shape index (κ1) is 22.2. The molecule has 0 unspecified atom stereocenters. The van der Waals surface area contributed by atoms with E-state index in [0.29, 0.717) is 10.8 Å². The quantitative estimate of drug-likeness (QED) is 0.516. The van der Waals surface area contributed by atoms with Crippen molar-refractivity contribution in [2.75, 3.05) is 32.6 Å². The minimum atomic E-state index is -0.541. The van der Waals surface area contributed by atoms with Gasteiger partial charge in [-0.3, -0.25) is 4.90 Å². The van der Waals surface area contributed by atoms with Crippen molar-refractivity contribution in [3.8, 4) is 0 Å². The normalized spacial score (nSPS) is 14.7. The molecule has 0 amide bonds. The molecule has 30 heavy (non-hydrogen) atoms. The molecular weight excluding hydrogens is 422 g/mol. The Bertz CT molecular complexity index is 859. The summed E-state index contributed by atoms with van der Waals surface area (Å²) in [7, 11) is 2.58. The van der Waals surface area contributed by atoms with E-state index in [0.717, 1.165) is 32.5 Å². The lowest BCUT2D eigenvalue weighted by Crippen LogP contribution is -2.45. The van der Waals surface area contributed by atoms with Gasteiger partial charge in [0.15, 0.2) is 5.11 Å². The zero-order chi connectivity index (χ0) is 21.5. The van der Waals surface area contributed by atoms with Crippen LogP contribution >= 0.6 is 23.6 Å². The predicted octanol–water partition coefficient (Wildman–Crippen LogP) is 3.27. The number of nitrogens with one attached hydrogen (secondary N) is 2. The Morgan fingerprint density at radius 1 is 1.13 bits per heavy atom. The van der Waals surface area contributed by atoms with Gasteiger partial charge < -0.3 is 20.1 Å². The third-order valence-electron chi connectivity index (χ3n) is 4.92. The first-order valence-corrected chi connectivity index (χ1v) is 10.9. The molecule has 1 aromatic heterocycles. The number of esters is 2. The van der Waals surface area contributed by atoms with Crippen LogP contribution in [0.5, 0.6) is 0 Å². The number of hydrogen-bond donors (Lipinski definition) is 2. The van der Waals surface area contributed by atoms with Crippen molar-refractivity contribution in [2.45, 2.75) is 25.4 Å². The molecule has 7 nitrogen and oxygen atoms in total. The summed E-state index contributed by atoms with van der Waals surface area (Å²) in [5, 5.41) is 8.96. The number of carbonyl (C=O) groups excluding carboxylic acids is 2. The molecule has 0 atom stereocenters. The zero-order valence-electron chi connectivity index (χ0n) is 17.0. The van der Waals surface area contributed by atoms with Crippen LogP contribution < -0.4 is 10.6 Å². The highest BCUT2D eigenvalue weighted by atomic mass is 32.1. The number of anilines is 1. The van der Waals surface area contributed by atoms with Crippen molar-refractivity contribution in [2.24, 2.45) is 0 Å². The van der Waals surface area contributed by atoms with E-state index in [1.807, 2.05) is 0 Å². The molecule has 9 heteroatoms. The van der Waals surface area contributed by atoms with Crippen LogP contribution in [-0.2, 0) is 16.0 Å². The average Bonchev–Trinajstić information content (AvgIpc) is 3.26. The molecule has 0 saturated carbocycles.